The number of carboxylic acid groups (broad SMARTS) is 1. The lowest BCUT2D eigenvalue weighted by molar-refractivity contribution is -0.139. The van der Waals surface area contributed by atoms with Crippen LogP contribution in [0.5, 0.6) is 0 Å². The van der Waals surface area contributed by atoms with E-state index in [1.165, 1.54) is 7.11 Å². The number of carboxylic acids is 1. The number of aliphatic hydroxyl groups is 1. The van der Waals surface area contributed by atoms with Crippen molar-refractivity contribution in [3.05, 3.63) is 47.4 Å². The van der Waals surface area contributed by atoms with Gasteiger partial charge in [-0.2, -0.15) is 0 Å². The number of methoxy groups -OCH3 is 1. The van der Waals surface area contributed by atoms with E-state index in [4.69, 9.17) is 19.3 Å². The second kappa shape index (κ2) is 11.9. The molecule has 2 fully saturated rings. The summed E-state index contributed by atoms with van der Waals surface area (Å²) in [7, 11) is 0.138. The van der Waals surface area contributed by atoms with Crippen LogP contribution in [0.15, 0.2) is 41.2 Å². The van der Waals surface area contributed by atoms with Crippen LogP contribution < -0.4 is 0 Å². The molecule has 2 bridgehead atoms. The van der Waals surface area contributed by atoms with E-state index in [2.05, 4.69) is 24.6 Å². The Hall–Kier alpha value is -2.65. The number of hydrogen-bond donors (Lipinski definition) is 2. The number of carbonyl (C=O) groups excluding carboxylic acids is 1. The Balaban J connectivity index is 1.79. The summed E-state index contributed by atoms with van der Waals surface area (Å²) in [5.41, 5.74) is 1.90. The monoisotopic (exact) mass is 503 g/mol. The molecule has 0 aliphatic carbocycles. The molecule has 0 spiro atoms. The third kappa shape index (κ3) is 7.17. The number of carbonyl (C=O) groups is 2. The molecule has 0 amide bonds. The molecule has 2 heterocycles. The van der Waals surface area contributed by atoms with Crippen LogP contribution in [0.3, 0.4) is 0 Å². The molecule has 3 rings (SSSR count). The third-order valence-corrected chi connectivity index (χ3v) is 8.45. The van der Waals surface area contributed by atoms with Crippen molar-refractivity contribution in [3.63, 3.8) is 0 Å². The summed E-state index contributed by atoms with van der Waals surface area (Å²) in [5.74, 6) is -1.29. The van der Waals surface area contributed by atoms with E-state index in [9.17, 15) is 14.7 Å². The van der Waals surface area contributed by atoms with Crippen LogP contribution in [0, 0.1) is 11.8 Å². The first kappa shape index (κ1) is 26.9. The van der Waals surface area contributed by atoms with E-state index in [0.29, 0.717) is 25.0 Å². The van der Waals surface area contributed by atoms with Gasteiger partial charge >= 0.3 is 11.9 Å². The number of rotatable bonds is 11. The van der Waals surface area contributed by atoms with Gasteiger partial charge in [-0.3, -0.25) is 4.79 Å². The summed E-state index contributed by atoms with van der Waals surface area (Å²) in [4.78, 5) is 28.0. The van der Waals surface area contributed by atoms with Crippen molar-refractivity contribution >= 4 is 25.9 Å². The number of hydrogen-bond acceptors (Lipinski definition) is 7. The molecule has 0 unspecified atom stereocenters. The SMILES string of the molecule is COC(=NC(=CO)C(=O)OCC[Si](C)(C)C)[C@@H]1[C@H](Cc2ccccc2CCC(=O)O)[C@H]2CC[C@@H]1O2. The van der Waals surface area contributed by atoms with Gasteiger partial charge in [0.2, 0.25) is 0 Å². The number of benzene rings is 1. The van der Waals surface area contributed by atoms with Crippen LogP contribution in [0.25, 0.3) is 0 Å². The number of nitrogens with zero attached hydrogens (tertiary/aromatic N) is 1. The molecule has 8 nitrogen and oxygen atoms in total. The first-order valence-corrected chi connectivity index (χ1v) is 15.9. The fraction of sp³-hybridized carbons (Fsp3) is 0.577. The quantitative estimate of drug-likeness (QED) is 0.115. The lowest BCUT2D eigenvalue weighted by Crippen LogP contribution is -2.36. The van der Waals surface area contributed by atoms with Crippen molar-refractivity contribution in [1.82, 2.24) is 0 Å². The smallest absolute Gasteiger partial charge is 0.360 e. The highest BCUT2D eigenvalue weighted by Gasteiger charge is 2.51. The maximum absolute atomic E-state index is 12.6. The van der Waals surface area contributed by atoms with Crippen molar-refractivity contribution in [2.24, 2.45) is 16.8 Å². The second-order valence-electron chi connectivity index (χ2n) is 10.5. The van der Waals surface area contributed by atoms with Crippen LogP contribution >= 0.6 is 0 Å². The molecule has 35 heavy (non-hydrogen) atoms. The third-order valence-electron chi connectivity index (χ3n) is 6.75. The van der Waals surface area contributed by atoms with Crippen LogP contribution in [-0.2, 0) is 36.6 Å². The van der Waals surface area contributed by atoms with Gasteiger partial charge in [0.1, 0.15) is 6.26 Å². The molecule has 2 N–H and O–H groups in total. The van der Waals surface area contributed by atoms with Crippen LogP contribution in [-0.4, -0.2) is 62.0 Å². The van der Waals surface area contributed by atoms with E-state index in [-0.39, 0.29) is 42.8 Å². The van der Waals surface area contributed by atoms with E-state index in [1.807, 2.05) is 24.3 Å². The largest absolute Gasteiger partial charge is 0.513 e. The highest BCUT2D eigenvalue weighted by Crippen LogP contribution is 2.46. The molecule has 1 aromatic carbocycles. The Morgan fingerprint density at radius 2 is 1.86 bits per heavy atom. The average Bonchev–Trinajstić information content (AvgIpc) is 3.40. The van der Waals surface area contributed by atoms with Crippen LogP contribution in [0.4, 0.5) is 0 Å². The topological polar surface area (TPSA) is 115 Å². The molecule has 0 saturated carbocycles. The van der Waals surface area contributed by atoms with Crippen molar-refractivity contribution in [2.45, 2.75) is 70.0 Å². The van der Waals surface area contributed by atoms with E-state index in [0.717, 1.165) is 30.0 Å². The molecular weight excluding hydrogens is 466 g/mol. The molecule has 9 heteroatoms. The molecular formula is C26H37NO7Si. The number of fused-ring (bicyclic) bond motifs is 2. The number of aryl methyl sites for hydroxylation is 1. The first-order valence-electron chi connectivity index (χ1n) is 12.2. The van der Waals surface area contributed by atoms with Crippen LogP contribution in [0.2, 0.25) is 25.7 Å². The molecule has 2 aliphatic rings. The molecule has 2 saturated heterocycles. The lowest BCUT2D eigenvalue weighted by atomic mass is 9.75. The van der Waals surface area contributed by atoms with Crippen molar-refractivity contribution in [1.29, 1.82) is 0 Å². The summed E-state index contributed by atoms with van der Waals surface area (Å²) in [6, 6.07) is 8.69. The Bertz CT molecular complexity index is 969. The van der Waals surface area contributed by atoms with Gasteiger partial charge in [-0.05, 0) is 42.9 Å². The molecule has 4 atom stereocenters. The lowest BCUT2D eigenvalue weighted by Gasteiger charge is -2.29. The minimum absolute atomic E-state index is 0.0307. The van der Waals surface area contributed by atoms with Gasteiger partial charge in [0.05, 0.1) is 31.8 Å². The minimum atomic E-state index is -1.37. The van der Waals surface area contributed by atoms with E-state index >= 15 is 0 Å². The van der Waals surface area contributed by atoms with Crippen molar-refractivity contribution < 1.29 is 34.0 Å². The number of ether oxygens (including phenoxy) is 3. The summed E-state index contributed by atoms with van der Waals surface area (Å²) < 4.78 is 17.2. The Morgan fingerprint density at radius 1 is 1.17 bits per heavy atom. The summed E-state index contributed by atoms with van der Waals surface area (Å²) >= 11 is 0. The zero-order valence-corrected chi connectivity index (χ0v) is 22.0. The number of esters is 1. The standard InChI is InChI=1S/C26H37NO7Si/c1-32-25(27-20(16-28)26(31)33-13-14-35(2,3)4)24-19(21-10-11-22(24)34-21)15-18-8-6-5-7-17(18)9-12-23(29)30/h5-8,16,19,21-22,24,28H,9-15H2,1-4H3,(H,29,30)/t19-,21-,22+,24-/m1/s1. The normalized spacial score (nSPS) is 24.5. The predicted molar refractivity (Wildman–Crippen MR) is 135 cm³/mol. The summed E-state index contributed by atoms with van der Waals surface area (Å²) in [6.07, 6.45) is 3.63. The maximum atomic E-state index is 12.6. The summed E-state index contributed by atoms with van der Waals surface area (Å²) in [6.45, 7) is 6.87. The molecule has 192 valence electrons. The van der Waals surface area contributed by atoms with Gasteiger partial charge in [-0.1, -0.05) is 43.9 Å². The van der Waals surface area contributed by atoms with Gasteiger partial charge in [-0.25, -0.2) is 9.79 Å². The highest BCUT2D eigenvalue weighted by atomic mass is 28.3. The number of aliphatic hydroxyl groups excluding tert-OH is 1. The number of aliphatic carboxylic acids is 1. The van der Waals surface area contributed by atoms with Crippen molar-refractivity contribution in [2.75, 3.05) is 13.7 Å². The number of aliphatic imine (C=N–C) groups is 1. The zero-order valence-electron chi connectivity index (χ0n) is 21.0. The molecule has 1 aromatic rings. The van der Waals surface area contributed by atoms with Crippen LogP contribution in [0.1, 0.15) is 30.4 Å². The first-order chi connectivity index (χ1) is 16.6. The van der Waals surface area contributed by atoms with Gasteiger partial charge in [0.15, 0.2) is 11.6 Å². The van der Waals surface area contributed by atoms with E-state index < -0.39 is 20.0 Å². The zero-order chi connectivity index (χ0) is 25.6. The Labute approximate surface area is 208 Å². The van der Waals surface area contributed by atoms with Crippen molar-refractivity contribution in [3.8, 4) is 0 Å². The fourth-order valence-corrected chi connectivity index (χ4v) is 5.61. The van der Waals surface area contributed by atoms with Gasteiger partial charge in [0.25, 0.3) is 0 Å². The Kier molecular flexibility index (Phi) is 9.13. The van der Waals surface area contributed by atoms with E-state index in [1.54, 1.807) is 0 Å². The fourth-order valence-electron chi connectivity index (χ4n) is 4.90. The molecule has 2 aliphatic heterocycles. The van der Waals surface area contributed by atoms with Gasteiger partial charge in [-0.15, -0.1) is 0 Å². The van der Waals surface area contributed by atoms with Gasteiger partial charge in [0, 0.05) is 20.4 Å². The summed E-state index contributed by atoms with van der Waals surface area (Å²) in [5, 5.41) is 18.8. The second-order valence-corrected chi connectivity index (χ2v) is 16.1. The minimum Gasteiger partial charge on any atom is -0.513 e. The van der Waals surface area contributed by atoms with Gasteiger partial charge < -0.3 is 24.4 Å². The maximum Gasteiger partial charge on any atom is 0.360 e. The average molecular weight is 504 g/mol. The molecule has 0 radical (unpaired) electrons. The predicted octanol–water partition coefficient (Wildman–Crippen LogP) is 4.37. The highest BCUT2D eigenvalue weighted by molar-refractivity contribution is 6.76. The molecule has 0 aromatic heterocycles. The Morgan fingerprint density at radius 3 is 2.49 bits per heavy atom.